The maximum atomic E-state index is 10.3. The van der Waals surface area contributed by atoms with Crippen molar-refractivity contribution in [3.05, 3.63) is 29.8 Å². The van der Waals surface area contributed by atoms with E-state index in [0.29, 0.717) is 5.69 Å². The van der Waals surface area contributed by atoms with Gasteiger partial charge in [0.25, 0.3) is 0 Å². The van der Waals surface area contributed by atoms with Crippen molar-refractivity contribution in [2.75, 3.05) is 5.73 Å². The number of hydrogen-bond donors (Lipinski definition) is 2. The summed E-state index contributed by atoms with van der Waals surface area (Å²) in [6.07, 6.45) is 0. The van der Waals surface area contributed by atoms with Crippen LogP contribution >= 0.6 is 0 Å². The second-order valence-electron chi connectivity index (χ2n) is 1.93. The van der Waals surface area contributed by atoms with Crippen molar-refractivity contribution in [1.82, 2.24) is 0 Å². The van der Waals surface area contributed by atoms with Gasteiger partial charge in [-0.2, -0.15) is 0 Å². The van der Waals surface area contributed by atoms with Crippen molar-refractivity contribution in [1.29, 1.82) is 0 Å². The van der Waals surface area contributed by atoms with Crippen LogP contribution in [-0.2, 0) is 0 Å². The van der Waals surface area contributed by atoms with Crippen molar-refractivity contribution in [3.8, 4) is 0 Å². The first-order valence-corrected chi connectivity index (χ1v) is 2.79. The predicted octanol–water partition coefficient (Wildman–Crippen LogP) is 0.586. The van der Waals surface area contributed by atoms with E-state index in [2.05, 4.69) is 0 Å². The van der Waals surface area contributed by atoms with Gasteiger partial charge in [0.05, 0.1) is 5.56 Å². The smallest absolute Gasteiger partial charge is 0.335 e. The molecule has 0 aromatic heterocycles. The van der Waals surface area contributed by atoms with Crippen LogP contribution in [0.5, 0.6) is 0 Å². The molecule has 0 amide bonds. The monoisotopic (exact) mass is 144 g/mol. The van der Waals surface area contributed by atoms with Crippen LogP contribution < -0.4 is 5.73 Å². The van der Waals surface area contributed by atoms with Crippen molar-refractivity contribution >= 4 is 30.5 Å². The minimum absolute atomic E-state index is 0. The van der Waals surface area contributed by atoms with Gasteiger partial charge in [-0.25, -0.2) is 4.79 Å². The van der Waals surface area contributed by atoms with Gasteiger partial charge >= 0.3 is 5.97 Å². The van der Waals surface area contributed by atoms with Gasteiger partial charge in [-0.05, 0) is 18.2 Å². The minimum atomic E-state index is -0.952. The molecule has 0 bridgehead atoms. The second kappa shape index (κ2) is 4.07. The van der Waals surface area contributed by atoms with Crippen LogP contribution in [0.25, 0.3) is 0 Å². The van der Waals surface area contributed by atoms with E-state index in [1.165, 1.54) is 12.1 Å². The normalized spacial score (nSPS) is 8.36. The first kappa shape index (κ1) is 10.1. The summed E-state index contributed by atoms with van der Waals surface area (Å²) in [5, 5.41) is 8.45. The molecule has 0 aliphatic rings. The molecule has 0 aliphatic heterocycles. The number of carboxylic acids is 1. The molecule has 1 aromatic rings. The predicted molar refractivity (Wildman–Crippen MR) is 43.6 cm³/mol. The van der Waals surface area contributed by atoms with Crippen LogP contribution in [0, 0.1) is 0 Å². The molecule has 0 unspecified atom stereocenters. The van der Waals surface area contributed by atoms with Gasteiger partial charge in [0, 0.05) is 24.5 Å². The Morgan fingerprint density at radius 2 is 2.09 bits per heavy atom. The summed E-state index contributed by atoms with van der Waals surface area (Å²) in [4.78, 5) is 10.3. The van der Waals surface area contributed by atoms with Crippen LogP contribution in [0.15, 0.2) is 24.3 Å². The first-order chi connectivity index (χ1) is 4.70. The summed E-state index contributed by atoms with van der Waals surface area (Å²) in [5.74, 6) is -0.952. The number of benzene rings is 1. The Kier molecular flexibility index (Phi) is 3.73. The summed E-state index contributed by atoms with van der Waals surface area (Å²) >= 11 is 0. The molecule has 53 valence electrons. The number of aromatic carboxylic acids is 1. The molecule has 0 spiro atoms. The fourth-order valence-electron chi connectivity index (χ4n) is 0.672. The van der Waals surface area contributed by atoms with Crippen LogP contribution in [0.3, 0.4) is 0 Å². The third-order valence-corrected chi connectivity index (χ3v) is 1.13. The number of carbonyl (C=O) groups is 1. The van der Waals surface area contributed by atoms with E-state index in [0.717, 1.165) is 0 Å². The molecule has 1 aromatic carbocycles. The molecule has 1 rings (SSSR count). The standard InChI is InChI=1S/C7H7NO2.Li/c8-6-3-1-2-5(4-6)7(9)10;/h1-4H,8H2,(H,9,10);. The average Bonchev–Trinajstić information content (AvgIpc) is 1.88. The third-order valence-electron chi connectivity index (χ3n) is 1.13. The largest absolute Gasteiger partial charge is 0.478 e. The van der Waals surface area contributed by atoms with Crippen LogP contribution in [-0.4, -0.2) is 29.9 Å². The molecule has 1 radical (unpaired) electrons. The van der Waals surface area contributed by atoms with Crippen LogP contribution in [0.4, 0.5) is 5.69 Å². The number of nitrogens with two attached hydrogens (primary N) is 1. The third kappa shape index (κ3) is 2.67. The van der Waals surface area contributed by atoms with Gasteiger partial charge in [0.1, 0.15) is 0 Å². The van der Waals surface area contributed by atoms with Gasteiger partial charge in [0.15, 0.2) is 0 Å². The molecule has 4 heteroatoms. The van der Waals surface area contributed by atoms with E-state index in [1.54, 1.807) is 12.1 Å². The molecule has 3 nitrogen and oxygen atoms in total. The summed E-state index contributed by atoms with van der Waals surface area (Å²) < 4.78 is 0. The fraction of sp³-hybridized carbons (Fsp3) is 0. The van der Waals surface area contributed by atoms with E-state index in [-0.39, 0.29) is 24.4 Å². The van der Waals surface area contributed by atoms with Crippen molar-refractivity contribution in [3.63, 3.8) is 0 Å². The summed E-state index contributed by atoms with van der Waals surface area (Å²) in [6.45, 7) is 0. The van der Waals surface area contributed by atoms with Gasteiger partial charge in [-0.3, -0.25) is 0 Å². The molecule has 0 fully saturated rings. The Hall–Kier alpha value is -0.913. The second-order valence-corrected chi connectivity index (χ2v) is 1.93. The van der Waals surface area contributed by atoms with Crippen LogP contribution in [0.1, 0.15) is 10.4 Å². The fourth-order valence-corrected chi connectivity index (χ4v) is 0.672. The average molecular weight is 144 g/mol. The van der Waals surface area contributed by atoms with E-state index < -0.39 is 5.97 Å². The molecular weight excluding hydrogens is 137 g/mol. The Morgan fingerprint density at radius 1 is 1.45 bits per heavy atom. The number of nitrogen functional groups attached to an aromatic ring is 1. The van der Waals surface area contributed by atoms with Crippen molar-refractivity contribution < 1.29 is 9.90 Å². The van der Waals surface area contributed by atoms with Crippen LogP contribution in [0.2, 0.25) is 0 Å². The first-order valence-electron chi connectivity index (χ1n) is 2.79. The molecule has 0 aliphatic carbocycles. The van der Waals surface area contributed by atoms with Gasteiger partial charge in [-0.1, -0.05) is 6.07 Å². The number of carboxylic acid groups (broad SMARTS) is 1. The van der Waals surface area contributed by atoms with Gasteiger partial charge in [0.2, 0.25) is 0 Å². The molecule has 0 heterocycles. The molecule has 0 saturated heterocycles. The Bertz CT molecular complexity index is 262. The maximum absolute atomic E-state index is 10.3. The van der Waals surface area contributed by atoms with E-state index in [4.69, 9.17) is 10.8 Å². The zero-order valence-corrected chi connectivity index (χ0v) is 6.24. The van der Waals surface area contributed by atoms with Crippen molar-refractivity contribution in [2.24, 2.45) is 0 Å². The minimum Gasteiger partial charge on any atom is -0.478 e. The Balaban J connectivity index is 0.000001000. The number of rotatable bonds is 1. The van der Waals surface area contributed by atoms with Crippen molar-refractivity contribution in [2.45, 2.75) is 0 Å². The zero-order valence-electron chi connectivity index (χ0n) is 6.24. The Morgan fingerprint density at radius 3 is 2.45 bits per heavy atom. The molecule has 0 atom stereocenters. The molecule has 3 N–H and O–H groups in total. The summed E-state index contributed by atoms with van der Waals surface area (Å²) in [6, 6.07) is 6.17. The number of anilines is 1. The topological polar surface area (TPSA) is 63.3 Å². The van der Waals surface area contributed by atoms with E-state index >= 15 is 0 Å². The number of hydrogen-bond acceptors (Lipinski definition) is 2. The zero-order chi connectivity index (χ0) is 7.56. The molecule has 11 heavy (non-hydrogen) atoms. The maximum Gasteiger partial charge on any atom is 0.335 e. The van der Waals surface area contributed by atoms with Gasteiger partial charge in [-0.15, -0.1) is 0 Å². The quantitative estimate of drug-likeness (QED) is 0.447. The molecule has 0 saturated carbocycles. The SMILES string of the molecule is Nc1cccc(C(=O)O)c1.[Li]. The molecular formula is C7H7LiNO2. The summed E-state index contributed by atoms with van der Waals surface area (Å²) in [7, 11) is 0. The Labute approximate surface area is 76.4 Å². The van der Waals surface area contributed by atoms with E-state index in [9.17, 15) is 4.79 Å². The summed E-state index contributed by atoms with van der Waals surface area (Å²) in [5.41, 5.74) is 6.03. The van der Waals surface area contributed by atoms with Gasteiger partial charge < -0.3 is 10.8 Å². The van der Waals surface area contributed by atoms with E-state index in [1.807, 2.05) is 0 Å².